The van der Waals surface area contributed by atoms with Gasteiger partial charge in [0.1, 0.15) is 18.1 Å². The third kappa shape index (κ3) is 7.51. The fraction of sp³-hybridized carbons (Fsp3) is 0.500. The van der Waals surface area contributed by atoms with Gasteiger partial charge in [-0.05, 0) is 24.0 Å². The molecule has 192 valence electrons. The summed E-state index contributed by atoms with van der Waals surface area (Å²) in [6, 6.07) is 9.67. The van der Waals surface area contributed by atoms with Gasteiger partial charge in [0.2, 0.25) is 5.88 Å². The van der Waals surface area contributed by atoms with Crippen LogP contribution >= 0.6 is 24.8 Å². The third-order valence-electron chi connectivity index (χ3n) is 6.33. The highest BCUT2D eigenvalue weighted by molar-refractivity contribution is 5.94. The van der Waals surface area contributed by atoms with Crippen LogP contribution in [0.5, 0.6) is 5.88 Å². The zero-order valence-electron chi connectivity index (χ0n) is 19.6. The predicted octanol–water partition coefficient (Wildman–Crippen LogP) is 2.97. The van der Waals surface area contributed by atoms with E-state index < -0.39 is 6.10 Å². The van der Waals surface area contributed by atoms with Crippen molar-refractivity contribution in [1.29, 1.82) is 0 Å². The van der Waals surface area contributed by atoms with Gasteiger partial charge in [-0.2, -0.15) is 0 Å². The van der Waals surface area contributed by atoms with Crippen molar-refractivity contribution < 1.29 is 24.2 Å². The van der Waals surface area contributed by atoms with Crippen LogP contribution in [0, 0.1) is 0 Å². The number of ether oxygens (including phenoxy) is 2. The van der Waals surface area contributed by atoms with Crippen molar-refractivity contribution >= 4 is 36.7 Å². The van der Waals surface area contributed by atoms with Crippen LogP contribution in [0.2, 0.25) is 0 Å². The molecule has 1 fully saturated rings. The molecule has 11 heteroatoms. The van der Waals surface area contributed by atoms with Gasteiger partial charge in [-0.1, -0.05) is 24.3 Å². The first-order valence-corrected chi connectivity index (χ1v) is 11.4. The van der Waals surface area contributed by atoms with Gasteiger partial charge >= 0.3 is 6.09 Å². The van der Waals surface area contributed by atoms with E-state index in [0.717, 1.165) is 13.0 Å². The van der Waals surface area contributed by atoms with Crippen molar-refractivity contribution in [2.45, 2.75) is 56.9 Å². The maximum Gasteiger partial charge on any atom is 0.409 e. The molecule has 0 saturated carbocycles. The highest BCUT2D eigenvalue weighted by atomic mass is 35.5. The van der Waals surface area contributed by atoms with E-state index in [1.165, 1.54) is 24.6 Å². The number of nitrogens with one attached hydrogen (secondary N) is 1. The first-order chi connectivity index (χ1) is 16.0. The molecule has 1 aromatic heterocycles. The van der Waals surface area contributed by atoms with E-state index >= 15 is 0 Å². The number of piperidine rings is 1. The van der Waals surface area contributed by atoms with Gasteiger partial charge in [0, 0.05) is 51.0 Å². The lowest BCUT2D eigenvalue weighted by atomic mass is 9.91. The summed E-state index contributed by atoms with van der Waals surface area (Å²) in [5.41, 5.74) is 2.77. The fourth-order valence-corrected chi connectivity index (χ4v) is 4.37. The minimum absolute atomic E-state index is 0. The van der Waals surface area contributed by atoms with Crippen LogP contribution < -0.4 is 10.1 Å². The molecule has 2 aliphatic heterocycles. The molecule has 2 aliphatic rings. The summed E-state index contributed by atoms with van der Waals surface area (Å²) in [6.45, 7) is 1.81. The Morgan fingerprint density at radius 1 is 1.17 bits per heavy atom. The fourth-order valence-electron chi connectivity index (χ4n) is 4.37. The minimum Gasteiger partial charge on any atom is -0.474 e. The predicted molar refractivity (Wildman–Crippen MR) is 135 cm³/mol. The number of amides is 1. The number of carbonyl (C=O) groups is 2. The average Bonchev–Trinajstić information content (AvgIpc) is 2.87. The van der Waals surface area contributed by atoms with Gasteiger partial charge in [-0.25, -0.2) is 14.8 Å². The van der Waals surface area contributed by atoms with Crippen LogP contribution in [0.1, 0.15) is 47.3 Å². The molecule has 1 aromatic carbocycles. The normalized spacial score (nSPS) is 18.3. The largest absolute Gasteiger partial charge is 0.474 e. The second kappa shape index (κ2) is 13.6. The smallest absolute Gasteiger partial charge is 0.409 e. The number of likely N-dealkylation sites (tertiary alicyclic amines) is 1. The lowest BCUT2D eigenvalue weighted by Crippen LogP contribution is -2.44. The van der Waals surface area contributed by atoms with Crippen LogP contribution in [-0.2, 0) is 17.7 Å². The number of aromatic nitrogens is 2. The molecular formula is C24H32Cl2N4O5. The molecule has 4 rings (SSSR count). The summed E-state index contributed by atoms with van der Waals surface area (Å²) >= 11 is 0. The molecule has 1 saturated heterocycles. The third-order valence-corrected chi connectivity index (χ3v) is 6.33. The molecule has 9 nitrogen and oxygen atoms in total. The number of Topliss-reactive ketones (excluding diaryl/α,β-unsaturated/α-hetero) is 1. The second-order valence-corrected chi connectivity index (χ2v) is 8.51. The molecule has 2 atom stereocenters. The number of rotatable bonds is 7. The molecule has 0 spiro atoms. The summed E-state index contributed by atoms with van der Waals surface area (Å²) in [4.78, 5) is 34.1. The van der Waals surface area contributed by atoms with Crippen LogP contribution in [0.3, 0.4) is 0 Å². The molecule has 1 amide bonds. The van der Waals surface area contributed by atoms with Crippen LogP contribution in [-0.4, -0.2) is 70.3 Å². The Balaban J connectivity index is 0.00000216. The van der Waals surface area contributed by atoms with E-state index in [0.29, 0.717) is 38.2 Å². The van der Waals surface area contributed by atoms with Crippen LogP contribution in [0.15, 0.2) is 36.7 Å². The number of methoxy groups -OCH3 is 1. The number of aliphatic hydroxyl groups is 1. The summed E-state index contributed by atoms with van der Waals surface area (Å²) in [7, 11) is 1.37. The first-order valence-electron chi connectivity index (χ1n) is 11.4. The van der Waals surface area contributed by atoms with Crippen molar-refractivity contribution in [3.05, 3.63) is 53.5 Å². The zero-order valence-corrected chi connectivity index (χ0v) is 21.2. The van der Waals surface area contributed by atoms with E-state index in [-0.39, 0.29) is 61.0 Å². The van der Waals surface area contributed by atoms with E-state index in [1.807, 2.05) is 12.1 Å². The topological polar surface area (TPSA) is 114 Å². The van der Waals surface area contributed by atoms with Crippen molar-refractivity contribution in [2.24, 2.45) is 0 Å². The number of nitrogens with zero attached hydrogens (tertiary/aromatic N) is 3. The van der Waals surface area contributed by atoms with Crippen molar-refractivity contribution in [1.82, 2.24) is 20.2 Å². The van der Waals surface area contributed by atoms with Gasteiger partial charge < -0.3 is 24.8 Å². The number of fused-ring (bicyclic) bond motifs is 1. The highest BCUT2D eigenvalue weighted by Crippen LogP contribution is 2.21. The highest BCUT2D eigenvalue weighted by Gasteiger charge is 2.26. The number of halogens is 2. The van der Waals surface area contributed by atoms with E-state index in [4.69, 9.17) is 9.47 Å². The van der Waals surface area contributed by atoms with Gasteiger partial charge in [-0.3, -0.25) is 4.79 Å². The molecule has 0 bridgehead atoms. The number of aliphatic hydroxyl groups excluding tert-OH is 1. The maximum absolute atomic E-state index is 12.7. The summed E-state index contributed by atoms with van der Waals surface area (Å²) in [6.07, 6.45) is 2.87. The van der Waals surface area contributed by atoms with E-state index in [2.05, 4.69) is 27.4 Å². The van der Waals surface area contributed by atoms with Crippen molar-refractivity contribution in [3.63, 3.8) is 0 Å². The Bertz CT molecular complexity index is 988. The molecule has 2 N–H and O–H groups in total. The number of ketones is 1. The van der Waals surface area contributed by atoms with Crippen LogP contribution in [0.4, 0.5) is 4.79 Å². The molecule has 0 aliphatic carbocycles. The Morgan fingerprint density at radius 2 is 1.89 bits per heavy atom. The second-order valence-electron chi connectivity index (χ2n) is 8.51. The van der Waals surface area contributed by atoms with Crippen molar-refractivity contribution in [3.8, 4) is 5.88 Å². The SMILES string of the molecule is COC(=O)N1CCC(Oc2cc(C(=O)CC[C@@H](O)[C@@H]3Cc4ccccc4CN3)ncn2)CC1.Cl.Cl. The van der Waals surface area contributed by atoms with E-state index in [9.17, 15) is 14.7 Å². The number of benzene rings is 1. The van der Waals surface area contributed by atoms with Gasteiger partial charge in [0.15, 0.2) is 5.78 Å². The number of hydrogen-bond acceptors (Lipinski definition) is 8. The minimum atomic E-state index is -0.625. The monoisotopic (exact) mass is 526 g/mol. The standard InChI is InChI=1S/C24H30N4O5.2ClH/c1-32-24(31)28-10-8-18(9-11-28)33-23-13-20(26-15-27-23)22(30)7-6-21(29)19-12-16-4-2-3-5-17(16)14-25-19;;/h2-5,13,15,18-19,21,25,29H,6-12,14H2,1H3;2*1H/t19-,21+;;/m0../s1. The molecule has 0 unspecified atom stereocenters. The van der Waals surface area contributed by atoms with E-state index in [1.54, 1.807) is 11.0 Å². The summed E-state index contributed by atoms with van der Waals surface area (Å²) < 4.78 is 10.7. The Morgan fingerprint density at radius 3 is 2.60 bits per heavy atom. The molecule has 2 aromatic rings. The maximum atomic E-state index is 12.7. The van der Waals surface area contributed by atoms with Crippen LogP contribution in [0.25, 0.3) is 0 Å². The Kier molecular flexibility index (Phi) is 11.2. The average molecular weight is 527 g/mol. The quantitative estimate of drug-likeness (QED) is 0.529. The lowest BCUT2D eigenvalue weighted by Gasteiger charge is -2.30. The first kappa shape index (κ1) is 28.8. The lowest BCUT2D eigenvalue weighted by molar-refractivity contribution is 0.0767. The Labute approximate surface area is 217 Å². The number of hydrogen-bond donors (Lipinski definition) is 2. The molecule has 35 heavy (non-hydrogen) atoms. The summed E-state index contributed by atoms with van der Waals surface area (Å²) in [5.74, 6) is 0.189. The van der Waals surface area contributed by atoms with Crippen molar-refractivity contribution in [2.75, 3.05) is 20.2 Å². The number of carbonyl (C=O) groups excluding carboxylic acids is 2. The molecule has 0 radical (unpaired) electrons. The van der Waals surface area contributed by atoms with Gasteiger partial charge in [0.25, 0.3) is 0 Å². The molecule has 3 heterocycles. The Hall–Kier alpha value is -2.46. The zero-order chi connectivity index (χ0) is 23.2. The summed E-state index contributed by atoms with van der Waals surface area (Å²) in [5, 5.41) is 14.0. The van der Waals surface area contributed by atoms with Gasteiger partial charge in [-0.15, -0.1) is 24.8 Å². The van der Waals surface area contributed by atoms with Gasteiger partial charge in [0.05, 0.1) is 13.2 Å². The molecular weight excluding hydrogens is 495 g/mol.